The van der Waals surface area contributed by atoms with Crippen molar-refractivity contribution in [3.8, 4) is 6.07 Å². The summed E-state index contributed by atoms with van der Waals surface area (Å²) in [6, 6.07) is 7.75. The third kappa shape index (κ3) is 2.32. The van der Waals surface area contributed by atoms with Gasteiger partial charge < -0.3 is 5.32 Å². The van der Waals surface area contributed by atoms with Crippen LogP contribution in [0.3, 0.4) is 0 Å². The molecule has 18 heavy (non-hydrogen) atoms. The lowest BCUT2D eigenvalue weighted by molar-refractivity contribution is 0.326. The second kappa shape index (κ2) is 4.58. The van der Waals surface area contributed by atoms with Gasteiger partial charge in [-0.2, -0.15) is 5.26 Å². The zero-order valence-corrected chi connectivity index (χ0v) is 10.2. The zero-order chi connectivity index (χ0) is 12.5. The lowest BCUT2D eigenvalue weighted by Gasteiger charge is -2.16. The molecule has 3 rings (SSSR count). The molecule has 0 aromatic heterocycles. The van der Waals surface area contributed by atoms with Gasteiger partial charge in [-0.05, 0) is 37.5 Å². The largest absolute Gasteiger partial charge is 0.381 e. The van der Waals surface area contributed by atoms with Gasteiger partial charge in [0.2, 0.25) is 0 Å². The van der Waals surface area contributed by atoms with E-state index in [2.05, 4.69) is 10.2 Å². The molecular formula is C14H16FN3. The minimum atomic E-state index is -0.450. The van der Waals surface area contributed by atoms with Gasteiger partial charge in [0.1, 0.15) is 11.9 Å². The Morgan fingerprint density at radius 1 is 1.33 bits per heavy atom. The predicted molar refractivity (Wildman–Crippen MR) is 67.7 cm³/mol. The second-order valence-corrected chi connectivity index (χ2v) is 5.16. The number of hydrogen-bond acceptors (Lipinski definition) is 3. The first kappa shape index (κ1) is 11.5. The van der Waals surface area contributed by atoms with Crippen molar-refractivity contribution in [2.45, 2.75) is 31.3 Å². The highest BCUT2D eigenvalue weighted by Gasteiger charge is 2.34. The van der Waals surface area contributed by atoms with Crippen LogP contribution >= 0.6 is 0 Å². The van der Waals surface area contributed by atoms with Crippen molar-refractivity contribution in [1.82, 2.24) is 4.90 Å². The highest BCUT2D eigenvalue weighted by Crippen LogP contribution is 2.30. The van der Waals surface area contributed by atoms with Gasteiger partial charge in [0, 0.05) is 30.9 Å². The Kier molecular flexibility index (Phi) is 2.92. The predicted octanol–water partition coefficient (Wildman–Crippen LogP) is 2.35. The summed E-state index contributed by atoms with van der Waals surface area (Å²) >= 11 is 0. The minimum Gasteiger partial charge on any atom is -0.381 e. The maximum atomic E-state index is 13.2. The first-order valence-corrected chi connectivity index (χ1v) is 6.46. The smallest absolute Gasteiger partial charge is 0.141 e. The Hall–Kier alpha value is -1.60. The van der Waals surface area contributed by atoms with Crippen molar-refractivity contribution >= 4 is 5.69 Å². The van der Waals surface area contributed by atoms with Gasteiger partial charge in [-0.3, -0.25) is 4.90 Å². The summed E-state index contributed by atoms with van der Waals surface area (Å²) in [7, 11) is 0. The molecule has 1 saturated heterocycles. The average Bonchev–Trinajstić information content (AvgIpc) is 3.13. The van der Waals surface area contributed by atoms with E-state index in [9.17, 15) is 4.39 Å². The van der Waals surface area contributed by atoms with Crippen LogP contribution in [0.5, 0.6) is 0 Å². The number of benzene rings is 1. The van der Waals surface area contributed by atoms with Crippen LogP contribution in [0.4, 0.5) is 10.1 Å². The van der Waals surface area contributed by atoms with Crippen LogP contribution in [-0.2, 0) is 0 Å². The Morgan fingerprint density at radius 3 is 2.89 bits per heavy atom. The van der Waals surface area contributed by atoms with Gasteiger partial charge in [0.15, 0.2) is 0 Å². The maximum absolute atomic E-state index is 13.2. The highest BCUT2D eigenvalue weighted by atomic mass is 19.1. The number of nitrogens with zero attached hydrogens (tertiary/aromatic N) is 2. The van der Waals surface area contributed by atoms with E-state index >= 15 is 0 Å². The van der Waals surface area contributed by atoms with Crippen LogP contribution in [0.1, 0.15) is 24.8 Å². The number of rotatable bonds is 3. The first-order chi connectivity index (χ1) is 8.76. The Morgan fingerprint density at radius 2 is 2.17 bits per heavy atom. The van der Waals surface area contributed by atoms with Crippen molar-refractivity contribution in [3.05, 3.63) is 29.6 Å². The molecule has 0 amide bonds. The second-order valence-electron chi connectivity index (χ2n) is 5.16. The van der Waals surface area contributed by atoms with Crippen LogP contribution in [-0.4, -0.2) is 30.1 Å². The van der Waals surface area contributed by atoms with Gasteiger partial charge in [0.25, 0.3) is 0 Å². The van der Waals surface area contributed by atoms with E-state index in [-0.39, 0.29) is 5.56 Å². The molecule has 4 heteroatoms. The lowest BCUT2D eigenvalue weighted by Crippen LogP contribution is -2.27. The molecule has 0 bridgehead atoms. The first-order valence-electron chi connectivity index (χ1n) is 6.46. The van der Waals surface area contributed by atoms with Crippen LogP contribution in [0.2, 0.25) is 0 Å². The number of halogens is 1. The minimum absolute atomic E-state index is 0.108. The lowest BCUT2D eigenvalue weighted by atomic mass is 10.2. The van der Waals surface area contributed by atoms with E-state index in [1.165, 1.54) is 18.9 Å². The summed E-state index contributed by atoms with van der Waals surface area (Å²) < 4.78 is 13.2. The fourth-order valence-corrected chi connectivity index (χ4v) is 2.61. The van der Waals surface area contributed by atoms with Gasteiger partial charge in [-0.1, -0.05) is 0 Å². The van der Waals surface area contributed by atoms with E-state index in [1.807, 2.05) is 6.07 Å². The average molecular weight is 245 g/mol. The monoisotopic (exact) mass is 245 g/mol. The third-order valence-corrected chi connectivity index (χ3v) is 3.74. The van der Waals surface area contributed by atoms with Gasteiger partial charge in [-0.15, -0.1) is 0 Å². The number of anilines is 1. The summed E-state index contributed by atoms with van der Waals surface area (Å²) in [5, 5.41) is 12.2. The highest BCUT2D eigenvalue weighted by molar-refractivity contribution is 5.50. The molecule has 94 valence electrons. The van der Waals surface area contributed by atoms with Crippen molar-refractivity contribution in [2.75, 3.05) is 18.4 Å². The van der Waals surface area contributed by atoms with Gasteiger partial charge in [0.05, 0.1) is 5.56 Å². The van der Waals surface area contributed by atoms with Crippen molar-refractivity contribution in [1.29, 1.82) is 5.26 Å². The van der Waals surface area contributed by atoms with E-state index < -0.39 is 5.82 Å². The van der Waals surface area contributed by atoms with E-state index in [0.717, 1.165) is 31.2 Å². The van der Waals surface area contributed by atoms with Crippen LogP contribution in [0.25, 0.3) is 0 Å². The summed E-state index contributed by atoms with van der Waals surface area (Å²) in [4.78, 5) is 2.52. The molecule has 3 nitrogen and oxygen atoms in total. The Balaban J connectivity index is 1.64. The SMILES string of the molecule is N#Cc1cc(NC2CCN(C3CC3)C2)ccc1F. The number of likely N-dealkylation sites (tertiary alicyclic amines) is 1. The molecule has 1 aliphatic carbocycles. The van der Waals surface area contributed by atoms with Crippen molar-refractivity contribution in [2.24, 2.45) is 0 Å². The Bertz CT molecular complexity index is 490. The molecule has 2 aliphatic rings. The van der Waals surface area contributed by atoms with Crippen molar-refractivity contribution in [3.63, 3.8) is 0 Å². The Labute approximate surface area is 106 Å². The molecule has 1 saturated carbocycles. The topological polar surface area (TPSA) is 39.1 Å². The zero-order valence-electron chi connectivity index (χ0n) is 10.2. The third-order valence-electron chi connectivity index (χ3n) is 3.74. The van der Waals surface area contributed by atoms with E-state index in [4.69, 9.17) is 5.26 Å². The number of nitrogens with one attached hydrogen (secondary N) is 1. The molecule has 1 aliphatic heterocycles. The molecule has 1 aromatic rings. The van der Waals surface area contributed by atoms with Crippen LogP contribution in [0, 0.1) is 17.1 Å². The summed E-state index contributed by atoms with van der Waals surface area (Å²) in [5.74, 6) is -0.450. The molecule has 0 radical (unpaired) electrons. The molecule has 1 aromatic carbocycles. The molecule has 1 N–H and O–H groups in total. The molecule has 0 spiro atoms. The number of hydrogen-bond donors (Lipinski definition) is 1. The van der Waals surface area contributed by atoms with Gasteiger partial charge >= 0.3 is 0 Å². The van der Waals surface area contributed by atoms with Crippen LogP contribution < -0.4 is 5.32 Å². The van der Waals surface area contributed by atoms with E-state index in [1.54, 1.807) is 12.1 Å². The molecule has 2 fully saturated rings. The molecule has 1 heterocycles. The molecule has 1 unspecified atom stereocenters. The van der Waals surface area contributed by atoms with Crippen LogP contribution in [0.15, 0.2) is 18.2 Å². The standard InChI is InChI=1S/C14H16FN3/c15-14-4-1-11(7-10(14)8-16)17-12-5-6-18(9-12)13-2-3-13/h1,4,7,12-13,17H,2-3,5-6,9H2. The van der Waals surface area contributed by atoms with E-state index in [0.29, 0.717) is 6.04 Å². The number of nitriles is 1. The fraction of sp³-hybridized carbons (Fsp3) is 0.500. The van der Waals surface area contributed by atoms with Gasteiger partial charge in [-0.25, -0.2) is 4.39 Å². The normalized spacial score (nSPS) is 23.9. The molecular weight excluding hydrogens is 229 g/mol. The molecule has 1 atom stereocenters. The summed E-state index contributed by atoms with van der Waals surface area (Å²) in [5.41, 5.74) is 0.952. The maximum Gasteiger partial charge on any atom is 0.141 e. The summed E-state index contributed by atoms with van der Waals surface area (Å²) in [6.07, 6.45) is 3.79. The quantitative estimate of drug-likeness (QED) is 0.888. The summed E-state index contributed by atoms with van der Waals surface area (Å²) in [6.45, 7) is 2.21. The fourth-order valence-electron chi connectivity index (χ4n) is 2.61. The van der Waals surface area contributed by atoms with Crippen molar-refractivity contribution < 1.29 is 4.39 Å².